The summed E-state index contributed by atoms with van der Waals surface area (Å²) in [6.07, 6.45) is 1.43. The van der Waals surface area contributed by atoms with Crippen molar-refractivity contribution < 1.29 is 19.1 Å². The smallest absolute Gasteiger partial charge is 0.376 e. The third-order valence-electron chi connectivity index (χ3n) is 4.44. The fourth-order valence-electron chi connectivity index (χ4n) is 3.06. The number of ether oxygens (including phenoxy) is 2. The molecule has 4 rings (SSSR count). The molecule has 1 amide bonds. The van der Waals surface area contributed by atoms with E-state index in [2.05, 4.69) is 15.3 Å². The van der Waals surface area contributed by atoms with E-state index in [-0.39, 0.29) is 24.2 Å². The Bertz CT molecular complexity index is 1240. The standard InChI is InChI=1S/C24H19N3O4/c1-2-30-24(29)22-25-14-13-21(27-22)31-18-11-12-19-16(15-18)7-6-10-20(19)23(28)26-17-8-4-3-5-9-17/h3-15H,2H2,1H3,(H,26,28). The first kappa shape index (κ1) is 20.0. The lowest BCUT2D eigenvalue weighted by Gasteiger charge is -2.10. The molecule has 1 N–H and O–H groups in total. The van der Waals surface area contributed by atoms with Crippen LogP contribution in [0, 0.1) is 0 Å². The van der Waals surface area contributed by atoms with Crippen molar-refractivity contribution in [3.05, 3.63) is 90.4 Å². The molecule has 0 saturated carbocycles. The Morgan fingerprint density at radius 1 is 0.968 bits per heavy atom. The van der Waals surface area contributed by atoms with Crippen LogP contribution in [-0.2, 0) is 4.74 Å². The van der Waals surface area contributed by atoms with Crippen LogP contribution in [0.3, 0.4) is 0 Å². The van der Waals surface area contributed by atoms with Crippen LogP contribution < -0.4 is 10.1 Å². The minimum absolute atomic E-state index is 0.0694. The molecule has 0 bridgehead atoms. The van der Waals surface area contributed by atoms with E-state index in [1.807, 2.05) is 48.5 Å². The fourth-order valence-corrected chi connectivity index (χ4v) is 3.06. The number of amides is 1. The lowest BCUT2D eigenvalue weighted by Crippen LogP contribution is -2.12. The van der Waals surface area contributed by atoms with Crippen LogP contribution in [-0.4, -0.2) is 28.5 Å². The summed E-state index contributed by atoms with van der Waals surface area (Å²) in [6, 6.07) is 21.7. The number of anilines is 1. The van der Waals surface area contributed by atoms with Gasteiger partial charge in [0.05, 0.1) is 6.61 Å². The number of hydrogen-bond acceptors (Lipinski definition) is 6. The second-order valence-electron chi connectivity index (χ2n) is 6.55. The van der Waals surface area contributed by atoms with E-state index in [1.54, 1.807) is 31.2 Å². The van der Waals surface area contributed by atoms with Gasteiger partial charge in [0.1, 0.15) is 5.75 Å². The van der Waals surface area contributed by atoms with E-state index < -0.39 is 5.97 Å². The van der Waals surface area contributed by atoms with Crippen molar-refractivity contribution in [2.45, 2.75) is 6.92 Å². The molecule has 0 radical (unpaired) electrons. The highest BCUT2D eigenvalue weighted by molar-refractivity contribution is 6.13. The van der Waals surface area contributed by atoms with Gasteiger partial charge in [0, 0.05) is 23.5 Å². The van der Waals surface area contributed by atoms with Gasteiger partial charge in [-0.25, -0.2) is 9.78 Å². The third kappa shape index (κ3) is 4.67. The SMILES string of the molecule is CCOC(=O)c1nccc(Oc2ccc3c(C(=O)Nc4ccccc4)cccc3c2)n1. The Labute approximate surface area is 178 Å². The highest BCUT2D eigenvalue weighted by Crippen LogP contribution is 2.27. The van der Waals surface area contributed by atoms with Crippen LogP contribution in [0.2, 0.25) is 0 Å². The number of carbonyl (C=O) groups is 2. The zero-order chi connectivity index (χ0) is 21.6. The van der Waals surface area contributed by atoms with Crippen molar-refractivity contribution in [1.82, 2.24) is 9.97 Å². The molecular weight excluding hydrogens is 394 g/mol. The van der Waals surface area contributed by atoms with E-state index in [1.165, 1.54) is 6.20 Å². The lowest BCUT2D eigenvalue weighted by molar-refractivity contribution is 0.0510. The van der Waals surface area contributed by atoms with Crippen LogP contribution in [0.15, 0.2) is 79.0 Å². The number of aromatic nitrogens is 2. The predicted octanol–water partition coefficient (Wildman–Crippen LogP) is 4.85. The Balaban J connectivity index is 1.57. The molecule has 0 unspecified atom stereocenters. The highest BCUT2D eigenvalue weighted by Gasteiger charge is 2.13. The molecule has 0 spiro atoms. The molecule has 0 fully saturated rings. The van der Waals surface area contributed by atoms with Crippen molar-refractivity contribution in [1.29, 1.82) is 0 Å². The van der Waals surface area contributed by atoms with Gasteiger partial charge in [0.15, 0.2) is 0 Å². The summed E-state index contributed by atoms with van der Waals surface area (Å²) in [5.74, 6) is -0.141. The van der Waals surface area contributed by atoms with Gasteiger partial charge in [-0.05, 0) is 54.1 Å². The van der Waals surface area contributed by atoms with Crippen molar-refractivity contribution in [2.24, 2.45) is 0 Å². The number of benzene rings is 3. The van der Waals surface area contributed by atoms with Crippen LogP contribution in [0.5, 0.6) is 11.6 Å². The number of para-hydroxylation sites is 1. The Morgan fingerprint density at radius 3 is 2.61 bits per heavy atom. The summed E-state index contributed by atoms with van der Waals surface area (Å²) in [5.41, 5.74) is 1.28. The quantitative estimate of drug-likeness (QED) is 0.455. The second-order valence-corrected chi connectivity index (χ2v) is 6.55. The van der Waals surface area contributed by atoms with Crippen molar-refractivity contribution >= 4 is 28.3 Å². The maximum absolute atomic E-state index is 12.8. The Kier molecular flexibility index (Phi) is 5.84. The monoisotopic (exact) mass is 413 g/mol. The molecule has 0 aliphatic heterocycles. The Morgan fingerprint density at radius 2 is 1.81 bits per heavy atom. The molecule has 1 aromatic heterocycles. The fraction of sp³-hybridized carbons (Fsp3) is 0.0833. The van der Waals surface area contributed by atoms with Gasteiger partial charge in [0.2, 0.25) is 11.7 Å². The molecule has 0 saturated heterocycles. The topological polar surface area (TPSA) is 90.4 Å². The van der Waals surface area contributed by atoms with Gasteiger partial charge in [-0.1, -0.05) is 30.3 Å². The molecule has 0 aliphatic rings. The van der Waals surface area contributed by atoms with E-state index >= 15 is 0 Å². The number of nitrogens with zero attached hydrogens (tertiary/aromatic N) is 2. The average Bonchev–Trinajstić information content (AvgIpc) is 2.79. The molecular formula is C24H19N3O4. The first-order chi connectivity index (χ1) is 15.1. The molecule has 154 valence electrons. The van der Waals surface area contributed by atoms with Crippen molar-refractivity contribution in [2.75, 3.05) is 11.9 Å². The first-order valence-electron chi connectivity index (χ1n) is 9.71. The molecule has 4 aromatic rings. The summed E-state index contributed by atoms with van der Waals surface area (Å²) >= 11 is 0. The average molecular weight is 413 g/mol. The van der Waals surface area contributed by atoms with Gasteiger partial charge in [-0.2, -0.15) is 4.98 Å². The number of carbonyl (C=O) groups excluding carboxylic acids is 2. The van der Waals surface area contributed by atoms with Gasteiger partial charge >= 0.3 is 5.97 Å². The second kappa shape index (κ2) is 9.04. The summed E-state index contributed by atoms with van der Waals surface area (Å²) < 4.78 is 10.7. The summed E-state index contributed by atoms with van der Waals surface area (Å²) in [5, 5.41) is 4.52. The summed E-state index contributed by atoms with van der Waals surface area (Å²) in [6.45, 7) is 1.94. The number of hydrogen-bond donors (Lipinski definition) is 1. The number of nitrogens with one attached hydrogen (secondary N) is 1. The molecule has 31 heavy (non-hydrogen) atoms. The van der Waals surface area contributed by atoms with E-state index in [4.69, 9.17) is 9.47 Å². The molecule has 7 heteroatoms. The third-order valence-corrected chi connectivity index (χ3v) is 4.44. The van der Waals surface area contributed by atoms with Gasteiger partial charge in [-0.3, -0.25) is 4.79 Å². The minimum atomic E-state index is -0.611. The van der Waals surface area contributed by atoms with Crippen molar-refractivity contribution in [3.63, 3.8) is 0 Å². The summed E-state index contributed by atoms with van der Waals surface area (Å²) in [4.78, 5) is 32.6. The molecule has 0 aliphatic carbocycles. The normalized spacial score (nSPS) is 10.5. The minimum Gasteiger partial charge on any atom is -0.460 e. The van der Waals surface area contributed by atoms with Crippen LogP contribution in [0.4, 0.5) is 5.69 Å². The largest absolute Gasteiger partial charge is 0.460 e. The Hall–Kier alpha value is -4.26. The summed E-state index contributed by atoms with van der Waals surface area (Å²) in [7, 11) is 0. The zero-order valence-corrected chi connectivity index (χ0v) is 16.7. The van der Waals surface area contributed by atoms with E-state index in [0.29, 0.717) is 11.3 Å². The number of esters is 1. The highest BCUT2D eigenvalue weighted by atomic mass is 16.5. The molecule has 3 aromatic carbocycles. The van der Waals surface area contributed by atoms with Gasteiger partial charge < -0.3 is 14.8 Å². The molecule has 0 atom stereocenters. The van der Waals surface area contributed by atoms with E-state index in [9.17, 15) is 9.59 Å². The van der Waals surface area contributed by atoms with Gasteiger partial charge in [-0.15, -0.1) is 0 Å². The van der Waals surface area contributed by atoms with Crippen LogP contribution in [0.25, 0.3) is 10.8 Å². The van der Waals surface area contributed by atoms with Crippen LogP contribution in [0.1, 0.15) is 27.9 Å². The predicted molar refractivity (Wildman–Crippen MR) is 116 cm³/mol. The first-order valence-corrected chi connectivity index (χ1v) is 9.71. The number of rotatable bonds is 6. The maximum Gasteiger partial charge on any atom is 0.376 e. The molecule has 7 nitrogen and oxygen atoms in total. The van der Waals surface area contributed by atoms with Crippen LogP contribution >= 0.6 is 0 Å². The maximum atomic E-state index is 12.8. The van der Waals surface area contributed by atoms with Gasteiger partial charge in [0.25, 0.3) is 5.91 Å². The lowest BCUT2D eigenvalue weighted by atomic mass is 10.0. The molecule has 1 heterocycles. The van der Waals surface area contributed by atoms with Crippen molar-refractivity contribution in [3.8, 4) is 11.6 Å². The van der Waals surface area contributed by atoms with E-state index in [0.717, 1.165) is 16.5 Å². The number of fused-ring (bicyclic) bond motifs is 1. The zero-order valence-electron chi connectivity index (χ0n) is 16.7.